The number of hydrogen-bond donors (Lipinski definition) is 0. The highest BCUT2D eigenvalue weighted by Gasteiger charge is 2.33. The second kappa shape index (κ2) is 11.9. The lowest BCUT2D eigenvalue weighted by atomic mass is 9.88. The predicted octanol–water partition coefficient (Wildman–Crippen LogP) is 12.7. The maximum absolute atomic E-state index is 11.7. The Labute approximate surface area is 341 Å². The Morgan fingerprint density at radius 1 is 0.483 bits per heavy atom. The first-order valence-corrected chi connectivity index (χ1v) is 19.6. The van der Waals surface area contributed by atoms with Gasteiger partial charge in [-0.15, -0.1) is 0 Å². The zero-order valence-electron chi connectivity index (χ0n) is 31.6. The molecule has 8 nitrogen and oxygen atoms in total. The molecule has 0 amide bonds. The zero-order chi connectivity index (χ0) is 39.6. The third-order valence-corrected chi connectivity index (χ3v) is 12.3. The number of pyridine rings is 2. The van der Waals surface area contributed by atoms with Gasteiger partial charge in [-0.3, -0.25) is 9.97 Å². The Balaban J connectivity index is 1.33. The molecule has 0 saturated carbocycles. The van der Waals surface area contributed by atoms with Gasteiger partial charge in [0.25, 0.3) is 0 Å². The molecule has 0 saturated heterocycles. The van der Waals surface area contributed by atoms with Crippen molar-refractivity contribution in [3.8, 4) is 39.7 Å². The molecule has 0 atom stereocenters. The van der Waals surface area contributed by atoms with Crippen molar-refractivity contribution in [2.75, 3.05) is 0 Å². The van der Waals surface area contributed by atoms with Crippen LogP contribution >= 0.6 is 0 Å². The topological polar surface area (TPSA) is 89.6 Å². The quantitative estimate of drug-likeness (QED) is 0.132. The Kier molecular flexibility index (Phi) is 6.42. The minimum Gasteiger partial charge on any atom is -0.318 e. The fourth-order valence-electron chi connectivity index (χ4n) is 10.1. The first kappa shape index (κ1) is 32.4. The van der Waals surface area contributed by atoms with E-state index >= 15 is 0 Å². The molecule has 0 fully saturated rings. The lowest BCUT2D eigenvalue weighted by molar-refractivity contribution is 1.13. The van der Waals surface area contributed by atoms with Crippen molar-refractivity contribution in [3.63, 3.8) is 0 Å². The van der Waals surface area contributed by atoms with Crippen LogP contribution in [0.5, 0.6) is 0 Å². The fourth-order valence-corrected chi connectivity index (χ4v) is 10.1. The van der Waals surface area contributed by atoms with E-state index in [1.165, 1.54) is 0 Å². The number of benzene rings is 8. The van der Waals surface area contributed by atoms with Gasteiger partial charge in [-0.05, 0) is 40.8 Å². The molecule has 60 heavy (non-hydrogen) atoms. The summed E-state index contributed by atoms with van der Waals surface area (Å²) in [5.74, 6) is 0. The van der Waals surface area contributed by atoms with Crippen LogP contribution in [0, 0.1) is 17.9 Å². The normalized spacial score (nSPS) is 12.0. The minimum atomic E-state index is 0.383. The van der Waals surface area contributed by atoms with E-state index in [-0.39, 0.29) is 0 Å². The minimum absolute atomic E-state index is 0.383. The number of hydrogen-bond acceptors (Lipinski definition) is 5. The van der Waals surface area contributed by atoms with Crippen LogP contribution in [0.4, 0.5) is 5.69 Å². The number of nitrogens with zero attached hydrogens (tertiary/aromatic N) is 8. The first-order valence-electron chi connectivity index (χ1n) is 19.6. The van der Waals surface area contributed by atoms with Crippen LogP contribution in [0.15, 0.2) is 158 Å². The van der Waals surface area contributed by atoms with Gasteiger partial charge in [0, 0.05) is 72.8 Å². The summed E-state index contributed by atoms with van der Waals surface area (Å²) in [6.45, 7) is 9.13. The molecule has 0 aliphatic rings. The van der Waals surface area contributed by atoms with E-state index in [2.05, 4.69) is 85.7 Å². The molecular weight excluding hydrogens is 737 g/mol. The molecule has 0 N–H and O–H groups in total. The first-order chi connectivity index (χ1) is 29.8. The Morgan fingerprint density at radius 2 is 1.02 bits per heavy atom. The van der Waals surface area contributed by atoms with Crippen molar-refractivity contribution < 1.29 is 0 Å². The van der Waals surface area contributed by atoms with Gasteiger partial charge in [0.1, 0.15) is 12.4 Å². The standard InChI is InChI=1S/C52H26N8/c1-54-50-41(29-12-4-2-5-13-29)35(26-53)51(59-39-22-24-56-48-32-16-8-9-17-33(32)49-46(45(39)48)40(59)23-25-57-49)42(30-14-6-3-7-15-30)52(50)60-37-20-10-18-31-36-27-55-28-58-47(36)34-19-11-21-38(60)44(34)43(31)37/h2-25,27-28H. The second-order valence-electron chi connectivity index (χ2n) is 15.1. The predicted molar refractivity (Wildman–Crippen MR) is 241 cm³/mol. The molecule has 0 bridgehead atoms. The summed E-state index contributed by atoms with van der Waals surface area (Å²) < 4.78 is 4.48. The van der Waals surface area contributed by atoms with Gasteiger partial charge in [0.2, 0.25) is 5.69 Å². The molecule has 8 aromatic carbocycles. The lowest BCUT2D eigenvalue weighted by Gasteiger charge is -2.25. The van der Waals surface area contributed by atoms with E-state index in [0.29, 0.717) is 28.2 Å². The van der Waals surface area contributed by atoms with Crippen molar-refractivity contribution >= 4 is 92.8 Å². The molecule has 8 heteroatoms. The van der Waals surface area contributed by atoms with Crippen LogP contribution in [0.25, 0.3) is 126 Å². The average molecular weight is 763 g/mol. The summed E-state index contributed by atoms with van der Waals surface area (Å²) in [5, 5.41) is 20.8. The molecule has 5 heterocycles. The molecule has 0 aliphatic carbocycles. The van der Waals surface area contributed by atoms with Crippen molar-refractivity contribution in [3.05, 3.63) is 175 Å². The maximum atomic E-state index is 11.7. The third kappa shape index (κ3) is 4.01. The SMILES string of the molecule is [C-]#[N+]c1c(-c2ccccc2)c(C#N)c(-n2c3ccnc4c5ccccc5c5nccc2c5c43)c(-c2ccccc2)c1-n1c2cccc3c4cncnc4c4cccc1c4c32. The summed E-state index contributed by atoms with van der Waals surface area (Å²) in [4.78, 5) is 23.7. The van der Waals surface area contributed by atoms with Crippen molar-refractivity contribution in [2.45, 2.75) is 0 Å². The molecule has 0 unspecified atom stereocenters. The monoisotopic (exact) mass is 762 g/mol. The third-order valence-electron chi connectivity index (χ3n) is 12.3. The van der Waals surface area contributed by atoms with Gasteiger partial charge in [0.15, 0.2) is 0 Å². The van der Waals surface area contributed by atoms with E-state index in [4.69, 9.17) is 21.5 Å². The van der Waals surface area contributed by atoms with E-state index in [0.717, 1.165) is 104 Å². The Morgan fingerprint density at radius 3 is 1.63 bits per heavy atom. The van der Waals surface area contributed by atoms with E-state index in [9.17, 15) is 5.26 Å². The van der Waals surface area contributed by atoms with Gasteiger partial charge in [-0.2, -0.15) is 5.26 Å². The van der Waals surface area contributed by atoms with Gasteiger partial charge in [-0.1, -0.05) is 109 Å². The van der Waals surface area contributed by atoms with Crippen LogP contribution in [0.1, 0.15) is 5.56 Å². The zero-order valence-corrected chi connectivity index (χ0v) is 31.6. The van der Waals surface area contributed by atoms with Gasteiger partial charge in [0.05, 0.1) is 62.1 Å². The fraction of sp³-hybridized carbons (Fsp3) is 0. The smallest absolute Gasteiger partial charge is 0.220 e. The van der Waals surface area contributed by atoms with Crippen LogP contribution in [-0.4, -0.2) is 29.1 Å². The number of nitriles is 1. The Hall–Kier alpha value is -8.72. The van der Waals surface area contributed by atoms with Crippen LogP contribution in [0.2, 0.25) is 0 Å². The lowest BCUT2D eigenvalue weighted by Crippen LogP contribution is -2.08. The van der Waals surface area contributed by atoms with Crippen LogP contribution < -0.4 is 0 Å². The van der Waals surface area contributed by atoms with Crippen LogP contribution in [0.3, 0.4) is 0 Å². The van der Waals surface area contributed by atoms with Crippen molar-refractivity contribution in [1.82, 2.24) is 29.1 Å². The maximum Gasteiger partial charge on any atom is 0.220 e. The van der Waals surface area contributed by atoms with Crippen LogP contribution in [-0.2, 0) is 0 Å². The van der Waals surface area contributed by atoms with E-state index in [1.54, 1.807) is 6.33 Å². The summed E-state index contributed by atoms with van der Waals surface area (Å²) >= 11 is 0. The molecule has 0 aliphatic heterocycles. The van der Waals surface area contributed by atoms with Gasteiger partial charge in [-0.25, -0.2) is 14.8 Å². The second-order valence-corrected chi connectivity index (χ2v) is 15.1. The number of fused-ring (bicyclic) bond motifs is 6. The highest BCUT2D eigenvalue weighted by molar-refractivity contribution is 6.35. The van der Waals surface area contributed by atoms with Crippen molar-refractivity contribution in [1.29, 1.82) is 5.26 Å². The molecule has 0 radical (unpaired) electrons. The summed E-state index contributed by atoms with van der Waals surface area (Å²) in [5.41, 5.74) is 11.4. The Bertz CT molecular complexity index is 3620. The molecule has 5 aromatic heterocycles. The van der Waals surface area contributed by atoms with Gasteiger partial charge < -0.3 is 9.13 Å². The average Bonchev–Trinajstić information content (AvgIpc) is 3.84. The van der Waals surface area contributed by atoms with Crippen molar-refractivity contribution in [2.24, 2.45) is 0 Å². The van der Waals surface area contributed by atoms with E-state index in [1.807, 2.05) is 91.4 Å². The highest BCUT2D eigenvalue weighted by Crippen LogP contribution is 2.54. The van der Waals surface area contributed by atoms with Gasteiger partial charge >= 0.3 is 0 Å². The largest absolute Gasteiger partial charge is 0.318 e. The number of aromatic nitrogens is 6. The molecule has 0 spiro atoms. The van der Waals surface area contributed by atoms with E-state index < -0.39 is 0 Å². The summed E-state index contributed by atoms with van der Waals surface area (Å²) in [7, 11) is 0. The molecular formula is C52H26N8. The summed E-state index contributed by atoms with van der Waals surface area (Å²) in [6, 6.07) is 47.8. The molecule has 13 aromatic rings. The number of rotatable bonds is 4. The highest BCUT2D eigenvalue weighted by atomic mass is 15.0. The molecule has 274 valence electrons. The molecule has 13 rings (SSSR count). The summed E-state index contributed by atoms with van der Waals surface area (Å²) in [6.07, 6.45) is 7.21.